The molecule has 0 aliphatic carbocycles. The second-order valence-corrected chi connectivity index (χ2v) is 5.50. The molecule has 1 fully saturated rings. The van der Waals surface area contributed by atoms with Crippen molar-refractivity contribution in [3.63, 3.8) is 0 Å². The Balaban J connectivity index is 1.88. The van der Waals surface area contributed by atoms with Crippen LogP contribution >= 0.6 is 11.6 Å². The lowest BCUT2D eigenvalue weighted by molar-refractivity contribution is 0.0393. The number of halogens is 2. The average molecular weight is 321 g/mol. The van der Waals surface area contributed by atoms with E-state index in [0.29, 0.717) is 30.3 Å². The van der Waals surface area contributed by atoms with E-state index in [1.165, 1.54) is 12.1 Å². The highest BCUT2D eigenvalue weighted by atomic mass is 35.5. The van der Waals surface area contributed by atoms with Crippen molar-refractivity contribution in [1.29, 1.82) is 5.26 Å². The lowest BCUT2D eigenvalue weighted by atomic mass is 10.1. The SMILES string of the molecule is Cn1ncc(C#N)c1N1CCOC(c2ccc(F)cc2Cl)C1. The summed E-state index contributed by atoms with van der Waals surface area (Å²) in [5, 5.41) is 13.7. The molecule has 0 bridgehead atoms. The summed E-state index contributed by atoms with van der Waals surface area (Å²) in [4.78, 5) is 2.04. The zero-order chi connectivity index (χ0) is 15.7. The minimum absolute atomic E-state index is 0.275. The molecule has 0 radical (unpaired) electrons. The molecule has 0 amide bonds. The zero-order valence-electron chi connectivity index (χ0n) is 12.0. The van der Waals surface area contributed by atoms with Crippen LogP contribution in [0.25, 0.3) is 0 Å². The van der Waals surface area contributed by atoms with Crippen molar-refractivity contribution in [1.82, 2.24) is 9.78 Å². The first-order valence-corrected chi connectivity index (χ1v) is 7.21. The Morgan fingerprint density at radius 3 is 3.05 bits per heavy atom. The fourth-order valence-corrected chi connectivity index (χ4v) is 2.97. The molecule has 1 atom stereocenters. The van der Waals surface area contributed by atoms with Gasteiger partial charge in [-0.2, -0.15) is 10.4 Å². The summed E-state index contributed by atoms with van der Waals surface area (Å²) < 4.78 is 20.6. The van der Waals surface area contributed by atoms with Crippen LogP contribution in [0.5, 0.6) is 0 Å². The van der Waals surface area contributed by atoms with Crippen molar-refractivity contribution < 1.29 is 9.13 Å². The first-order chi connectivity index (χ1) is 10.6. The lowest BCUT2D eigenvalue weighted by Crippen LogP contribution is -2.39. The molecule has 1 aliphatic rings. The van der Waals surface area contributed by atoms with E-state index in [0.717, 1.165) is 11.4 Å². The first kappa shape index (κ1) is 14.8. The van der Waals surface area contributed by atoms with E-state index in [2.05, 4.69) is 11.2 Å². The zero-order valence-corrected chi connectivity index (χ0v) is 12.7. The number of hydrogen-bond donors (Lipinski definition) is 0. The predicted octanol–water partition coefficient (Wildman–Crippen LogP) is 2.66. The summed E-state index contributed by atoms with van der Waals surface area (Å²) in [5.41, 5.74) is 1.27. The second-order valence-electron chi connectivity index (χ2n) is 5.09. The number of anilines is 1. The highest BCUT2D eigenvalue weighted by molar-refractivity contribution is 6.31. The van der Waals surface area contributed by atoms with Crippen molar-refractivity contribution >= 4 is 17.4 Å². The average Bonchev–Trinajstić information content (AvgIpc) is 2.88. The molecule has 7 heteroatoms. The van der Waals surface area contributed by atoms with Gasteiger partial charge in [-0.3, -0.25) is 4.68 Å². The summed E-state index contributed by atoms with van der Waals surface area (Å²) in [6.45, 7) is 1.68. The summed E-state index contributed by atoms with van der Waals surface area (Å²) in [5.74, 6) is 0.383. The van der Waals surface area contributed by atoms with E-state index in [1.807, 2.05) is 4.90 Å². The van der Waals surface area contributed by atoms with Gasteiger partial charge in [0.15, 0.2) is 0 Å². The fraction of sp³-hybridized carbons (Fsp3) is 0.333. The number of morpholine rings is 1. The third-order valence-corrected chi connectivity index (χ3v) is 4.03. The van der Waals surface area contributed by atoms with Crippen LogP contribution in [-0.2, 0) is 11.8 Å². The summed E-state index contributed by atoms with van der Waals surface area (Å²) in [6.07, 6.45) is 1.27. The Morgan fingerprint density at radius 2 is 2.32 bits per heavy atom. The topological polar surface area (TPSA) is 54.1 Å². The third kappa shape index (κ3) is 2.65. The highest BCUT2D eigenvalue weighted by Crippen LogP contribution is 2.31. The van der Waals surface area contributed by atoms with Gasteiger partial charge in [0.05, 0.1) is 12.8 Å². The molecule has 1 aromatic carbocycles. The Hall–Kier alpha value is -2.10. The minimum Gasteiger partial charge on any atom is -0.370 e. The van der Waals surface area contributed by atoms with E-state index >= 15 is 0 Å². The van der Waals surface area contributed by atoms with Crippen molar-refractivity contribution in [3.8, 4) is 6.07 Å². The van der Waals surface area contributed by atoms with Gasteiger partial charge < -0.3 is 9.64 Å². The molecule has 1 unspecified atom stereocenters. The Labute approximate surface area is 132 Å². The summed E-state index contributed by atoms with van der Waals surface area (Å²) in [6, 6.07) is 6.44. The van der Waals surface area contributed by atoms with Gasteiger partial charge >= 0.3 is 0 Å². The quantitative estimate of drug-likeness (QED) is 0.853. The lowest BCUT2D eigenvalue weighted by Gasteiger charge is -2.34. The maximum Gasteiger partial charge on any atom is 0.144 e. The standard InChI is InChI=1S/C15H14ClFN4O/c1-20-15(10(7-18)8-19-20)21-4-5-22-14(9-21)12-3-2-11(17)6-13(12)16/h2-3,6,8,14H,4-5,9H2,1H3. The van der Waals surface area contributed by atoms with Gasteiger partial charge in [-0.25, -0.2) is 4.39 Å². The van der Waals surface area contributed by atoms with Crippen molar-refractivity contribution in [2.24, 2.45) is 7.05 Å². The van der Waals surface area contributed by atoms with Crippen LogP contribution in [0.15, 0.2) is 24.4 Å². The van der Waals surface area contributed by atoms with Gasteiger partial charge in [-0.15, -0.1) is 0 Å². The molecule has 2 aromatic rings. The Bertz CT molecular complexity index is 740. The molecule has 114 valence electrons. The Morgan fingerprint density at radius 1 is 1.50 bits per heavy atom. The van der Waals surface area contributed by atoms with Crippen LogP contribution in [0.1, 0.15) is 17.2 Å². The molecular formula is C15H14ClFN4O. The molecule has 0 N–H and O–H groups in total. The van der Waals surface area contributed by atoms with Crippen LogP contribution in [-0.4, -0.2) is 29.5 Å². The molecule has 1 aliphatic heterocycles. The van der Waals surface area contributed by atoms with E-state index in [9.17, 15) is 9.65 Å². The van der Waals surface area contributed by atoms with Gasteiger partial charge in [0.1, 0.15) is 29.4 Å². The number of aromatic nitrogens is 2. The normalized spacial score (nSPS) is 18.3. The van der Waals surface area contributed by atoms with Crippen molar-refractivity contribution in [2.75, 3.05) is 24.6 Å². The van der Waals surface area contributed by atoms with Crippen molar-refractivity contribution in [3.05, 3.63) is 46.4 Å². The van der Waals surface area contributed by atoms with Gasteiger partial charge in [0, 0.05) is 30.7 Å². The third-order valence-electron chi connectivity index (χ3n) is 3.70. The maximum absolute atomic E-state index is 13.2. The number of benzene rings is 1. The molecule has 0 spiro atoms. The summed E-state index contributed by atoms with van der Waals surface area (Å²) in [7, 11) is 1.80. The van der Waals surface area contributed by atoms with Gasteiger partial charge in [0.25, 0.3) is 0 Å². The number of ether oxygens (including phenoxy) is 1. The molecule has 3 rings (SSSR count). The smallest absolute Gasteiger partial charge is 0.144 e. The van der Waals surface area contributed by atoms with E-state index < -0.39 is 0 Å². The largest absolute Gasteiger partial charge is 0.370 e. The molecule has 2 heterocycles. The molecule has 1 saturated heterocycles. The van der Waals surface area contributed by atoms with Crippen LogP contribution in [0, 0.1) is 17.1 Å². The van der Waals surface area contributed by atoms with Gasteiger partial charge in [-0.1, -0.05) is 17.7 Å². The van der Waals surface area contributed by atoms with E-state index in [-0.39, 0.29) is 11.9 Å². The molecular weight excluding hydrogens is 307 g/mol. The molecule has 5 nitrogen and oxygen atoms in total. The fourth-order valence-electron chi connectivity index (χ4n) is 2.68. The summed E-state index contributed by atoms with van der Waals surface area (Å²) >= 11 is 6.12. The first-order valence-electron chi connectivity index (χ1n) is 6.83. The maximum atomic E-state index is 13.2. The van der Waals surface area contributed by atoms with Crippen LogP contribution < -0.4 is 4.90 Å². The van der Waals surface area contributed by atoms with Crippen LogP contribution in [0.3, 0.4) is 0 Å². The number of nitrogens with zero attached hydrogens (tertiary/aromatic N) is 4. The number of hydrogen-bond acceptors (Lipinski definition) is 4. The highest BCUT2D eigenvalue weighted by Gasteiger charge is 2.27. The van der Waals surface area contributed by atoms with Gasteiger partial charge in [-0.05, 0) is 12.1 Å². The number of aryl methyl sites for hydroxylation is 1. The Kier molecular flexibility index (Phi) is 4.01. The van der Waals surface area contributed by atoms with Crippen LogP contribution in [0.4, 0.5) is 10.2 Å². The molecule has 1 aromatic heterocycles. The monoisotopic (exact) mass is 320 g/mol. The number of nitriles is 1. The minimum atomic E-state index is -0.375. The van der Waals surface area contributed by atoms with Gasteiger partial charge in [0.2, 0.25) is 0 Å². The second kappa shape index (κ2) is 5.95. The van der Waals surface area contributed by atoms with Crippen LogP contribution in [0.2, 0.25) is 5.02 Å². The number of rotatable bonds is 2. The predicted molar refractivity (Wildman–Crippen MR) is 80.2 cm³/mol. The van der Waals surface area contributed by atoms with Crippen molar-refractivity contribution in [2.45, 2.75) is 6.10 Å². The van der Waals surface area contributed by atoms with E-state index in [1.54, 1.807) is 24.0 Å². The van der Waals surface area contributed by atoms with E-state index in [4.69, 9.17) is 16.3 Å². The molecule has 0 saturated carbocycles. The molecule has 22 heavy (non-hydrogen) atoms.